The van der Waals surface area contributed by atoms with Crippen LogP contribution in [0.15, 0.2) is 168 Å². The standard InChI is InChI=1S/C50H39NOS/c1-32-9-8-13-44-46-31-38(20-28-49(46)53-50(32)44)35-17-23-40(24-18-35)51(41-25-26-42(33(2)29-41)36-10-4-3-5-11-36)39-21-15-34(16-22-39)37-19-27-48-45(30-37)43-12-6-7-14-47(43)52-48/h3-8,10-28,30-33H,9,29H2,1-2H3. The van der Waals surface area contributed by atoms with Crippen molar-refractivity contribution in [3.8, 4) is 22.3 Å². The molecular weight excluding hydrogens is 663 g/mol. The largest absolute Gasteiger partial charge is 0.456 e. The van der Waals surface area contributed by atoms with Gasteiger partial charge < -0.3 is 9.32 Å². The van der Waals surface area contributed by atoms with Gasteiger partial charge in [0.25, 0.3) is 0 Å². The lowest BCUT2D eigenvalue weighted by molar-refractivity contribution is 0.669. The minimum Gasteiger partial charge on any atom is -0.456 e. The van der Waals surface area contributed by atoms with E-state index >= 15 is 0 Å². The van der Waals surface area contributed by atoms with Crippen molar-refractivity contribution < 1.29 is 4.42 Å². The Morgan fingerprint density at radius 1 is 0.566 bits per heavy atom. The summed E-state index contributed by atoms with van der Waals surface area (Å²) in [6.45, 7) is 4.69. The molecule has 8 aromatic rings. The van der Waals surface area contributed by atoms with Gasteiger partial charge in [-0.3, -0.25) is 0 Å². The molecule has 0 saturated carbocycles. The first-order valence-corrected chi connectivity index (χ1v) is 19.5. The van der Waals surface area contributed by atoms with E-state index in [1.165, 1.54) is 59.6 Å². The Kier molecular flexibility index (Phi) is 7.77. The molecule has 2 aliphatic carbocycles. The third kappa shape index (κ3) is 5.64. The first-order valence-electron chi connectivity index (χ1n) is 18.7. The Labute approximate surface area is 314 Å². The van der Waals surface area contributed by atoms with Crippen LogP contribution in [0.2, 0.25) is 0 Å². The number of nitrogens with zero attached hydrogens (tertiary/aromatic N) is 1. The number of rotatable bonds is 6. The first kappa shape index (κ1) is 31.8. The van der Waals surface area contributed by atoms with Crippen LogP contribution in [0.3, 0.4) is 0 Å². The minimum absolute atomic E-state index is 0.384. The summed E-state index contributed by atoms with van der Waals surface area (Å²) in [5.41, 5.74) is 14.4. The third-order valence-electron chi connectivity index (χ3n) is 11.2. The van der Waals surface area contributed by atoms with Crippen molar-refractivity contribution in [2.75, 3.05) is 4.90 Å². The van der Waals surface area contributed by atoms with E-state index in [4.69, 9.17) is 4.42 Å². The summed E-state index contributed by atoms with van der Waals surface area (Å²) in [6.07, 6.45) is 11.4. The van der Waals surface area contributed by atoms with E-state index in [0.717, 1.165) is 46.2 Å². The molecule has 2 aliphatic rings. The summed E-state index contributed by atoms with van der Waals surface area (Å²) in [5.74, 6) is 0.973. The molecule has 2 atom stereocenters. The topological polar surface area (TPSA) is 16.4 Å². The van der Waals surface area contributed by atoms with Crippen molar-refractivity contribution in [2.45, 2.75) is 32.6 Å². The maximum atomic E-state index is 6.11. The van der Waals surface area contributed by atoms with Gasteiger partial charge in [-0.25, -0.2) is 0 Å². The number of fused-ring (bicyclic) bond motifs is 6. The Bertz CT molecular complexity index is 2740. The monoisotopic (exact) mass is 701 g/mol. The smallest absolute Gasteiger partial charge is 0.135 e. The van der Waals surface area contributed by atoms with E-state index in [2.05, 4.69) is 170 Å². The molecule has 2 unspecified atom stereocenters. The molecule has 0 N–H and O–H groups in total. The summed E-state index contributed by atoms with van der Waals surface area (Å²) in [6, 6.07) is 50.8. The average molecular weight is 702 g/mol. The molecular formula is C50H39NOS. The molecule has 256 valence electrons. The second kappa shape index (κ2) is 12.9. The third-order valence-corrected chi connectivity index (χ3v) is 12.6. The van der Waals surface area contributed by atoms with Gasteiger partial charge in [-0.1, -0.05) is 117 Å². The van der Waals surface area contributed by atoms with Crippen molar-refractivity contribution in [1.29, 1.82) is 0 Å². The maximum Gasteiger partial charge on any atom is 0.135 e. The zero-order valence-corrected chi connectivity index (χ0v) is 30.7. The number of thiophene rings is 1. The fourth-order valence-electron chi connectivity index (χ4n) is 8.36. The zero-order valence-electron chi connectivity index (χ0n) is 29.9. The Morgan fingerprint density at radius 2 is 1.21 bits per heavy atom. The van der Waals surface area contributed by atoms with Crippen LogP contribution in [0, 0.1) is 5.92 Å². The molecule has 0 spiro atoms. The number of anilines is 2. The van der Waals surface area contributed by atoms with Crippen LogP contribution >= 0.6 is 11.3 Å². The molecule has 0 aliphatic heterocycles. The fraction of sp³-hybridized carbons (Fsp3) is 0.120. The van der Waals surface area contributed by atoms with E-state index in [0.29, 0.717) is 11.8 Å². The molecule has 10 rings (SSSR count). The minimum atomic E-state index is 0.384. The van der Waals surface area contributed by atoms with E-state index in [1.54, 1.807) is 0 Å². The fourth-order valence-corrected chi connectivity index (χ4v) is 9.60. The first-order chi connectivity index (χ1) is 26.1. The van der Waals surface area contributed by atoms with Crippen molar-refractivity contribution in [3.05, 3.63) is 179 Å². The van der Waals surface area contributed by atoms with Gasteiger partial charge in [-0.15, -0.1) is 11.3 Å². The highest BCUT2D eigenvalue weighted by Crippen LogP contribution is 2.44. The second-order valence-electron chi connectivity index (χ2n) is 14.6. The number of allylic oxidation sites excluding steroid dienone is 5. The van der Waals surface area contributed by atoms with Crippen LogP contribution in [0.1, 0.15) is 48.6 Å². The zero-order chi connectivity index (χ0) is 35.5. The summed E-state index contributed by atoms with van der Waals surface area (Å²) in [7, 11) is 0. The molecule has 0 bridgehead atoms. The van der Waals surface area contributed by atoms with Gasteiger partial charge in [0.2, 0.25) is 0 Å². The van der Waals surface area contributed by atoms with E-state index in [-0.39, 0.29) is 0 Å². The van der Waals surface area contributed by atoms with Crippen LogP contribution in [-0.4, -0.2) is 0 Å². The highest BCUT2D eigenvalue weighted by Gasteiger charge is 2.23. The number of para-hydroxylation sites is 1. The Balaban J connectivity index is 1.02. The van der Waals surface area contributed by atoms with Gasteiger partial charge in [0, 0.05) is 42.8 Å². The molecule has 2 aromatic heterocycles. The van der Waals surface area contributed by atoms with Crippen molar-refractivity contribution >= 4 is 66.4 Å². The number of hydrogen-bond acceptors (Lipinski definition) is 3. The summed E-state index contributed by atoms with van der Waals surface area (Å²) < 4.78 is 7.49. The highest BCUT2D eigenvalue weighted by molar-refractivity contribution is 7.19. The van der Waals surface area contributed by atoms with Gasteiger partial charge in [0.1, 0.15) is 11.2 Å². The number of benzene rings is 6. The number of hydrogen-bond donors (Lipinski definition) is 0. The molecule has 3 heteroatoms. The lowest BCUT2D eigenvalue weighted by atomic mass is 9.86. The quantitative estimate of drug-likeness (QED) is 0.172. The summed E-state index contributed by atoms with van der Waals surface area (Å²) in [4.78, 5) is 3.96. The lowest BCUT2D eigenvalue weighted by Gasteiger charge is -2.32. The molecule has 2 nitrogen and oxygen atoms in total. The van der Waals surface area contributed by atoms with Gasteiger partial charge in [0.15, 0.2) is 0 Å². The normalized spacial score (nSPS) is 16.9. The Morgan fingerprint density at radius 3 is 1.94 bits per heavy atom. The predicted octanol–water partition coefficient (Wildman–Crippen LogP) is 14.8. The highest BCUT2D eigenvalue weighted by atomic mass is 32.1. The SMILES string of the molecule is CC1CC(N(c2ccc(-c3ccc4sc5c(c4c3)C=CCC5C)cc2)c2ccc(-c3ccc4oc5ccccc5c4c3)cc2)=CC=C1c1ccccc1. The summed E-state index contributed by atoms with van der Waals surface area (Å²) in [5, 5.41) is 3.67. The van der Waals surface area contributed by atoms with Gasteiger partial charge in [0.05, 0.1) is 0 Å². The maximum absolute atomic E-state index is 6.11. The van der Waals surface area contributed by atoms with Crippen LogP contribution in [-0.2, 0) is 0 Å². The van der Waals surface area contributed by atoms with Crippen LogP contribution < -0.4 is 4.90 Å². The molecule has 6 aromatic carbocycles. The van der Waals surface area contributed by atoms with Gasteiger partial charge >= 0.3 is 0 Å². The molecule has 53 heavy (non-hydrogen) atoms. The average Bonchev–Trinajstić information content (AvgIpc) is 3.78. The lowest BCUT2D eigenvalue weighted by Crippen LogP contribution is -2.20. The number of furan rings is 1. The molecule has 0 radical (unpaired) electrons. The van der Waals surface area contributed by atoms with Crippen molar-refractivity contribution in [2.24, 2.45) is 5.92 Å². The molecule has 0 amide bonds. The van der Waals surface area contributed by atoms with E-state index in [1.807, 2.05) is 23.5 Å². The van der Waals surface area contributed by atoms with E-state index in [9.17, 15) is 0 Å². The van der Waals surface area contributed by atoms with Crippen molar-refractivity contribution in [1.82, 2.24) is 0 Å². The predicted molar refractivity (Wildman–Crippen MR) is 227 cm³/mol. The van der Waals surface area contributed by atoms with Crippen LogP contribution in [0.5, 0.6) is 0 Å². The summed E-state index contributed by atoms with van der Waals surface area (Å²) >= 11 is 1.96. The molecule has 0 saturated heterocycles. The molecule has 2 heterocycles. The van der Waals surface area contributed by atoms with E-state index < -0.39 is 0 Å². The van der Waals surface area contributed by atoms with Gasteiger partial charge in [-0.2, -0.15) is 0 Å². The Hall–Kier alpha value is -5.90. The van der Waals surface area contributed by atoms with Gasteiger partial charge in [-0.05, 0) is 124 Å². The second-order valence-corrected chi connectivity index (χ2v) is 15.7. The van der Waals surface area contributed by atoms with Crippen molar-refractivity contribution in [3.63, 3.8) is 0 Å². The van der Waals surface area contributed by atoms with Crippen LogP contribution in [0.4, 0.5) is 11.4 Å². The van der Waals surface area contributed by atoms with Crippen LogP contribution in [0.25, 0.3) is 65.9 Å². The molecule has 0 fully saturated rings.